The molecular formula is C27H36FN3O3. The first-order valence-corrected chi connectivity index (χ1v) is 11.9. The molecule has 2 N–H and O–H groups in total. The monoisotopic (exact) mass is 469 g/mol. The van der Waals surface area contributed by atoms with Gasteiger partial charge in [-0.15, -0.1) is 0 Å². The summed E-state index contributed by atoms with van der Waals surface area (Å²) in [6, 6.07) is 11.7. The molecule has 0 aromatic heterocycles. The van der Waals surface area contributed by atoms with Crippen LogP contribution in [-0.2, 0) is 11.3 Å². The molecule has 2 aromatic rings. The number of carbonyl (C=O) groups excluding carboxylic acids is 2. The second-order valence-corrected chi connectivity index (χ2v) is 9.77. The summed E-state index contributed by atoms with van der Waals surface area (Å²) in [7, 11) is 1.65. The summed E-state index contributed by atoms with van der Waals surface area (Å²) in [5.41, 5.74) is 1.84. The Morgan fingerprint density at radius 2 is 1.76 bits per heavy atom. The number of benzene rings is 2. The van der Waals surface area contributed by atoms with Crippen LogP contribution in [0.1, 0.15) is 55.1 Å². The van der Waals surface area contributed by atoms with Crippen LogP contribution < -0.4 is 15.4 Å². The molecule has 0 bridgehead atoms. The zero-order valence-electron chi connectivity index (χ0n) is 20.8. The van der Waals surface area contributed by atoms with E-state index in [1.165, 1.54) is 17.7 Å². The summed E-state index contributed by atoms with van der Waals surface area (Å²) in [6.07, 6.45) is 1.61. The van der Waals surface area contributed by atoms with Gasteiger partial charge in [0.1, 0.15) is 17.6 Å². The van der Waals surface area contributed by atoms with Crippen LogP contribution in [0.5, 0.6) is 5.75 Å². The Kier molecular flexibility index (Phi) is 8.31. The van der Waals surface area contributed by atoms with Gasteiger partial charge in [-0.3, -0.25) is 9.59 Å². The second kappa shape index (κ2) is 11.0. The molecule has 0 unspecified atom stereocenters. The number of carbonyl (C=O) groups is 2. The molecule has 3 rings (SSSR count). The number of hydrogen-bond acceptors (Lipinski definition) is 4. The Balaban J connectivity index is 1.58. The van der Waals surface area contributed by atoms with E-state index in [0.29, 0.717) is 13.1 Å². The molecule has 1 aliphatic heterocycles. The van der Waals surface area contributed by atoms with Gasteiger partial charge in [-0.1, -0.05) is 37.6 Å². The van der Waals surface area contributed by atoms with Crippen molar-refractivity contribution < 1.29 is 18.7 Å². The maximum Gasteiger partial charge on any atom is 0.254 e. The van der Waals surface area contributed by atoms with Crippen molar-refractivity contribution in [2.45, 2.75) is 58.7 Å². The molecule has 2 amide bonds. The third-order valence-corrected chi connectivity index (χ3v) is 6.64. The average Bonchev–Trinajstić information content (AvgIpc) is 2.83. The van der Waals surface area contributed by atoms with Gasteiger partial charge in [0.25, 0.3) is 5.91 Å². The minimum absolute atomic E-state index is 0.0348. The van der Waals surface area contributed by atoms with Gasteiger partial charge in [0.2, 0.25) is 5.91 Å². The number of nitrogens with zero attached hydrogens (tertiary/aromatic N) is 1. The smallest absolute Gasteiger partial charge is 0.254 e. The van der Waals surface area contributed by atoms with Gasteiger partial charge in [0, 0.05) is 25.2 Å². The lowest BCUT2D eigenvalue weighted by atomic mass is 9.88. The van der Waals surface area contributed by atoms with E-state index in [-0.39, 0.29) is 22.9 Å². The Bertz CT molecular complexity index is 999. The molecule has 0 radical (unpaired) electrons. The third-order valence-electron chi connectivity index (χ3n) is 6.64. The Labute approximate surface area is 201 Å². The number of amides is 2. The summed E-state index contributed by atoms with van der Waals surface area (Å²) in [5.74, 6) is -0.552. The average molecular weight is 470 g/mol. The first-order valence-electron chi connectivity index (χ1n) is 11.9. The predicted octanol–water partition coefficient (Wildman–Crippen LogP) is 4.07. The van der Waals surface area contributed by atoms with Crippen LogP contribution in [0, 0.1) is 18.7 Å². The van der Waals surface area contributed by atoms with Crippen LogP contribution in [-0.4, -0.2) is 48.5 Å². The molecule has 0 spiro atoms. The summed E-state index contributed by atoms with van der Waals surface area (Å²) < 4.78 is 19.4. The van der Waals surface area contributed by atoms with Gasteiger partial charge < -0.3 is 20.3 Å². The van der Waals surface area contributed by atoms with E-state index >= 15 is 0 Å². The van der Waals surface area contributed by atoms with Crippen LogP contribution in [0.3, 0.4) is 0 Å². The molecule has 7 heteroatoms. The highest BCUT2D eigenvalue weighted by molar-refractivity contribution is 5.98. The van der Waals surface area contributed by atoms with Crippen molar-refractivity contribution in [2.24, 2.45) is 5.92 Å². The van der Waals surface area contributed by atoms with E-state index in [0.717, 1.165) is 30.7 Å². The molecule has 2 aromatic carbocycles. The van der Waals surface area contributed by atoms with E-state index in [2.05, 4.69) is 17.6 Å². The number of methoxy groups -OCH3 is 1. The van der Waals surface area contributed by atoms with Crippen molar-refractivity contribution in [3.63, 3.8) is 0 Å². The standard InChI is InChI=1S/C27H36FN3O3/c1-18(2)24(30-25(32)22-16-19(3)6-11-23(22)28)26(33)31-14-12-27(4,13-15-31)29-17-20-7-9-21(34-5)10-8-20/h6-11,16,18,24,29H,12-15,17H2,1-5H3,(H,30,32)/t24-/m1/s1. The minimum atomic E-state index is -0.705. The first kappa shape index (κ1) is 25.7. The van der Waals surface area contributed by atoms with Crippen molar-refractivity contribution in [1.82, 2.24) is 15.5 Å². The van der Waals surface area contributed by atoms with Gasteiger partial charge in [0.15, 0.2) is 0 Å². The number of piperidine rings is 1. The molecule has 184 valence electrons. The lowest BCUT2D eigenvalue weighted by molar-refractivity contribution is -0.136. The number of nitrogens with one attached hydrogen (secondary N) is 2. The van der Waals surface area contributed by atoms with Crippen molar-refractivity contribution in [2.75, 3.05) is 20.2 Å². The Morgan fingerprint density at radius 1 is 1.12 bits per heavy atom. The fraction of sp³-hybridized carbons (Fsp3) is 0.481. The SMILES string of the molecule is COc1ccc(CNC2(C)CCN(C(=O)[C@H](NC(=O)c3cc(C)ccc3F)C(C)C)CC2)cc1. The molecule has 34 heavy (non-hydrogen) atoms. The van der Waals surface area contributed by atoms with Crippen LogP contribution in [0.25, 0.3) is 0 Å². The number of likely N-dealkylation sites (tertiary alicyclic amines) is 1. The molecule has 1 atom stereocenters. The van der Waals surface area contributed by atoms with E-state index in [1.54, 1.807) is 20.1 Å². The van der Waals surface area contributed by atoms with E-state index < -0.39 is 17.8 Å². The topological polar surface area (TPSA) is 70.7 Å². The van der Waals surface area contributed by atoms with Crippen molar-refractivity contribution in [3.05, 3.63) is 65.0 Å². The molecule has 1 heterocycles. The molecule has 1 fully saturated rings. The third kappa shape index (κ3) is 6.35. The van der Waals surface area contributed by atoms with E-state index in [4.69, 9.17) is 4.74 Å². The molecule has 0 aliphatic carbocycles. The second-order valence-electron chi connectivity index (χ2n) is 9.77. The van der Waals surface area contributed by atoms with Gasteiger partial charge >= 0.3 is 0 Å². The molecular weight excluding hydrogens is 433 g/mol. The Hall–Kier alpha value is -2.93. The number of ether oxygens (including phenoxy) is 1. The lowest BCUT2D eigenvalue weighted by Gasteiger charge is -2.41. The van der Waals surface area contributed by atoms with Gasteiger partial charge in [-0.25, -0.2) is 4.39 Å². The van der Waals surface area contributed by atoms with Crippen LogP contribution >= 0.6 is 0 Å². The van der Waals surface area contributed by atoms with Crippen LogP contribution in [0.15, 0.2) is 42.5 Å². The molecule has 1 saturated heterocycles. The minimum Gasteiger partial charge on any atom is -0.497 e. The highest BCUT2D eigenvalue weighted by Gasteiger charge is 2.35. The van der Waals surface area contributed by atoms with Gasteiger partial charge in [-0.2, -0.15) is 0 Å². The fourth-order valence-electron chi connectivity index (χ4n) is 4.20. The summed E-state index contributed by atoms with van der Waals surface area (Å²) in [4.78, 5) is 27.9. The number of halogens is 1. The molecule has 1 aliphatic rings. The number of hydrogen-bond donors (Lipinski definition) is 2. The molecule has 0 saturated carbocycles. The summed E-state index contributed by atoms with van der Waals surface area (Å²) >= 11 is 0. The van der Waals surface area contributed by atoms with Gasteiger partial charge in [0.05, 0.1) is 12.7 Å². The first-order chi connectivity index (χ1) is 16.1. The maximum atomic E-state index is 14.2. The largest absolute Gasteiger partial charge is 0.497 e. The maximum absolute atomic E-state index is 14.2. The fourth-order valence-corrected chi connectivity index (χ4v) is 4.20. The number of rotatable bonds is 8. The van der Waals surface area contributed by atoms with E-state index in [9.17, 15) is 14.0 Å². The van der Waals surface area contributed by atoms with Crippen molar-refractivity contribution in [1.29, 1.82) is 0 Å². The molecule has 6 nitrogen and oxygen atoms in total. The zero-order chi connectivity index (χ0) is 24.9. The zero-order valence-corrected chi connectivity index (χ0v) is 20.8. The number of aryl methyl sites for hydroxylation is 1. The lowest BCUT2D eigenvalue weighted by Crippen LogP contribution is -2.57. The van der Waals surface area contributed by atoms with Crippen molar-refractivity contribution >= 4 is 11.8 Å². The quantitative estimate of drug-likeness (QED) is 0.612. The van der Waals surface area contributed by atoms with Crippen LogP contribution in [0.4, 0.5) is 4.39 Å². The summed E-state index contributed by atoms with van der Waals surface area (Å²) in [6.45, 7) is 9.70. The highest BCUT2D eigenvalue weighted by atomic mass is 19.1. The normalized spacial score (nSPS) is 16.3. The summed E-state index contributed by atoms with van der Waals surface area (Å²) in [5, 5.41) is 6.42. The Morgan fingerprint density at radius 3 is 2.35 bits per heavy atom. The van der Waals surface area contributed by atoms with Crippen LogP contribution in [0.2, 0.25) is 0 Å². The highest BCUT2D eigenvalue weighted by Crippen LogP contribution is 2.24. The van der Waals surface area contributed by atoms with E-state index in [1.807, 2.05) is 43.0 Å². The van der Waals surface area contributed by atoms with Crippen molar-refractivity contribution in [3.8, 4) is 5.75 Å². The van der Waals surface area contributed by atoms with Gasteiger partial charge in [-0.05, 0) is 62.4 Å². The predicted molar refractivity (Wildman–Crippen MR) is 131 cm³/mol.